The molecule has 1 saturated heterocycles. The molecule has 0 bridgehead atoms. The summed E-state index contributed by atoms with van der Waals surface area (Å²) >= 11 is 0. The first-order valence-corrected chi connectivity index (χ1v) is 11.5. The van der Waals surface area contributed by atoms with Gasteiger partial charge in [0.2, 0.25) is 15.9 Å². The maximum Gasteiger partial charge on any atom is 0.243 e. The van der Waals surface area contributed by atoms with Crippen molar-refractivity contribution in [2.24, 2.45) is 0 Å². The molecule has 6 heteroatoms. The van der Waals surface area contributed by atoms with E-state index in [4.69, 9.17) is 0 Å². The molecule has 0 radical (unpaired) electrons. The predicted octanol–water partition coefficient (Wildman–Crippen LogP) is 4.10. The summed E-state index contributed by atoms with van der Waals surface area (Å²) in [4.78, 5) is 13.9. The van der Waals surface area contributed by atoms with Crippen LogP contribution in [0, 0.1) is 0 Å². The van der Waals surface area contributed by atoms with E-state index in [0.717, 1.165) is 37.8 Å². The molecule has 1 aromatic carbocycles. The fourth-order valence-electron chi connectivity index (χ4n) is 4.15. The van der Waals surface area contributed by atoms with Gasteiger partial charge in [-0.1, -0.05) is 38.2 Å². The van der Waals surface area contributed by atoms with E-state index in [1.165, 1.54) is 19.3 Å². The zero-order chi connectivity index (χ0) is 19.3. The number of amides is 1. The van der Waals surface area contributed by atoms with Crippen molar-refractivity contribution < 1.29 is 13.2 Å². The van der Waals surface area contributed by atoms with E-state index in [2.05, 4.69) is 6.58 Å². The average molecular weight is 391 g/mol. The lowest BCUT2D eigenvalue weighted by atomic mass is 9.97. The molecule has 2 aliphatic rings. The Hall–Kier alpha value is -1.66. The number of hydrogen-bond acceptors (Lipinski definition) is 3. The molecule has 3 rings (SSSR count). The van der Waals surface area contributed by atoms with Gasteiger partial charge in [-0.25, -0.2) is 8.42 Å². The number of carbonyl (C=O) groups excluding carboxylic acids is 1. The highest BCUT2D eigenvalue weighted by atomic mass is 32.2. The Morgan fingerprint density at radius 3 is 2.22 bits per heavy atom. The number of carbonyl (C=O) groups is 1. The van der Waals surface area contributed by atoms with E-state index in [1.54, 1.807) is 39.5 Å². The average Bonchev–Trinajstić information content (AvgIpc) is 3.06. The van der Waals surface area contributed by atoms with E-state index in [1.807, 2.05) is 0 Å². The Balaban J connectivity index is 1.82. The molecular formula is C21H30N2O3S. The first kappa shape index (κ1) is 20.1. The minimum Gasteiger partial charge on any atom is -0.312 e. The van der Waals surface area contributed by atoms with Crippen LogP contribution in [0.25, 0.3) is 0 Å². The molecule has 1 amide bonds. The van der Waals surface area contributed by atoms with Crippen LogP contribution in [0.4, 0.5) is 5.69 Å². The van der Waals surface area contributed by atoms with Gasteiger partial charge in [0.25, 0.3) is 0 Å². The largest absolute Gasteiger partial charge is 0.312 e. The van der Waals surface area contributed by atoms with Crippen LogP contribution in [0.15, 0.2) is 41.8 Å². The maximum absolute atomic E-state index is 13.3. The van der Waals surface area contributed by atoms with Crippen molar-refractivity contribution in [3.8, 4) is 0 Å². The van der Waals surface area contributed by atoms with Gasteiger partial charge in [-0.05, 0) is 43.5 Å². The molecule has 0 spiro atoms. The summed E-state index contributed by atoms with van der Waals surface area (Å²) in [5.41, 5.74) is 0.776. The fraction of sp³-hybridized carbons (Fsp3) is 0.571. The molecule has 0 atom stereocenters. The standard InChI is InChI=1S/C21H30N2O3S/c1-2-16-23(19-9-6-4-3-5-7-10-19)27(25,26)20-14-12-18(13-15-20)22-17-8-11-21(22)24/h2,12-15,19H,1,3-11,16-17H2. The van der Waals surface area contributed by atoms with Gasteiger partial charge in [0.1, 0.15) is 0 Å². The first-order valence-electron chi connectivity index (χ1n) is 10.1. The summed E-state index contributed by atoms with van der Waals surface area (Å²) in [7, 11) is -3.59. The van der Waals surface area contributed by atoms with Gasteiger partial charge < -0.3 is 4.90 Å². The lowest BCUT2D eigenvalue weighted by Gasteiger charge is -2.31. The number of rotatable bonds is 6. The minimum absolute atomic E-state index is 0.0353. The van der Waals surface area contributed by atoms with Gasteiger partial charge in [0.05, 0.1) is 4.90 Å². The van der Waals surface area contributed by atoms with Crippen LogP contribution in [0.5, 0.6) is 0 Å². The van der Waals surface area contributed by atoms with Gasteiger partial charge in [0, 0.05) is 31.2 Å². The molecule has 1 heterocycles. The van der Waals surface area contributed by atoms with Crippen LogP contribution in [-0.4, -0.2) is 37.8 Å². The summed E-state index contributed by atoms with van der Waals surface area (Å²) in [6, 6.07) is 6.80. The summed E-state index contributed by atoms with van der Waals surface area (Å²) in [6.45, 7) is 4.81. The normalized spacial score (nSPS) is 19.9. The molecule has 0 aromatic heterocycles. The van der Waals surface area contributed by atoms with Crippen LogP contribution >= 0.6 is 0 Å². The molecule has 1 aliphatic heterocycles. The van der Waals surface area contributed by atoms with Crippen LogP contribution in [-0.2, 0) is 14.8 Å². The van der Waals surface area contributed by atoms with Gasteiger partial charge in [0.15, 0.2) is 0 Å². The van der Waals surface area contributed by atoms with Crippen molar-refractivity contribution in [1.29, 1.82) is 0 Å². The van der Waals surface area contributed by atoms with Crippen molar-refractivity contribution in [1.82, 2.24) is 4.31 Å². The summed E-state index contributed by atoms with van der Waals surface area (Å²) in [5.74, 6) is 0.105. The van der Waals surface area contributed by atoms with E-state index < -0.39 is 10.0 Å². The lowest BCUT2D eigenvalue weighted by molar-refractivity contribution is -0.117. The van der Waals surface area contributed by atoms with Crippen LogP contribution < -0.4 is 4.90 Å². The molecular weight excluding hydrogens is 360 g/mol. The van der Waals surface area contributed by atoms with Gasteiger partial charge >= 0.3 is 0 Å². The van der Waals surface area contributed by atoms with Crippen LogP contribution in [0.1, 0.15) is 57.8 Å². The predicted molar refractivity (Wildman–Crippen MR) is 108 cm³/mol. The zero-order valence-corrected chi connectivity index (χ0v) is 16.8. The molecule has 1 saturated carbocycles. The topological polar surface area (TPSA) is 57.7 Å². The second-order valence-corrected chi connectivity index (χ2v) is 9.40. The highest BCUT2D eigenvalue weighted by molar-refractivity contribution is 7.89. The smallest absolute Gasteiger partial charge is 0.243 e. The number of nitrogens with zero attached hydrogens (tertiary/aromatic N) is 2. The molecule has 0 unspecified atom stereocenters. The second kappa shape index (κ2) is 9.02. The number of hydrogen-bond donors (Lipinski definition) is 0. The van der Waals surface area contributed by atoms with Gasteiger partial charge in [-0.3, -0.25) is 4.79 Å². The highest BCUT2D eigenvalue weighted by Gasteiger charge is 2.31. The van der Waals surface area contributed by atoms with Crippen molar-refractivity contribution >= 4 is 21.6 Å². The minimum atomic E-state index is -3.59. The van der Waals surface area contributed by atoms with Crippen molar-refractivity contribution in [2.45, 2.75) is 68.7 Å². The second-order valence-electron chi connectivity index (χ2n) is 7.51. The Bertz CT molecular complexity index is 750. The highest BCUT2D eigenvalue weighted by Crippen LogP contribution is 2.28. The Labute approximate surface area is 163 Å². The number of sulfonamides is 1. The van der Waals surface area contributed by atoms with Gasteiger partial charge in [-0.2, -0.15) is 4.31 Å². The first-order chi connectivity index (χ1) is 13.0. The third-order valence-corrected chi connectivity index (χ3v) is 7.55. The molecule has 1 aliphatic carbocycles. The molecule has 2 fully saturated rings. The lowest BCUT2D eigenvalue weighted by Crippen LogP contribution is -2.40. The zero-order valence-electron chi connectivity index (χ0n) is 16.0. The van der Waals surface area contributed by atoms with Crippen molar-refractivity contribution in [2.75, 3.05) is 18.0 Å². The molecule has 5 nitrogen and oxygen atoms in total. The Kier molecular flexibility index (Phi) is 6.71. The number of benzene rings is 1. The van der Waals surface area contributed by atoms with E-state index in [9.17, 15) is 13.2 Å². The molecule has 0 N–H and O–H groups in total. The SMILES string of the molecule is C=CCN(C1CCCCCCC1)S(=O)(=O)c1ccc(N2CCCC2=O)cc1. The third-order valence-electron chi connectivity index (χ3n) is 5.62. The van der Waals surface area contributed by atoms with Crippen LogP contribution in [0.3, 0.4) is 0 Å². The summed E-state index contributed by atoms with van der Waals surface area (Å²) in [6.07, 6.45) is 10.7. The number of anilines is 1. The third kappa shape index (κ3) is 4.61. The van der Waals surface area contributed by atoms with E-state index in [0.29, 0.717) is 24.4 Å². The Morgan fingerprint density at radius 2 is 1.67 bits per heavy atom. The Morgan fingerprint density at radius 1 is 1.04 bits per heavy atom. The van der Waals surface area contributed by atoms with E-state index in [-0.39, 0.29) is 11.9 Å². The monoisotopic (exact) mass is 390 g/mol. The summed E-state index contributed by atoms with van der Waals surface area (Å²) < 4.78 is 28.3. The van der Waals surface area contributed by atoms with E-state index >= 15 is 0 Å². The molecule has 148 valence electrons. The fourth-order valence-corrected chi connectivity index (χ4v) is 5.80. The van der Waals surface area contributed by atoms with Crippen molar-refractivity contribution in [3.63, 3.8) is 0 Å². The maximum atomic E-state index is 13.3. The molecule has 1 aromatic rings. The quantitative estimate of drug-likeness (QED) is 0.687. The molecule has 27 heavy (non-hydrogen) atoms. The summed E-state index contributed by atoms with van der Waals surface area (Å²) in [5, 5.41) is 0. The van der Waals surface area contributed by atoms with Gasteiger partial charge in [-0.15, -0.1) is 6.58 Å². The van der Waals surface area contributed by atoms with Crippen LogP contribution in [0.2, 0.25) is 0 Å². The van der Waals surface area contributed by atoms with Crippen molar-refractivity contribution in [3.05, 3.63) is 36.9 Å².